The number of hydrogen-bond acceptors (Lipinski definition) is 4. The van der Waals surface area contributed by atoms with Crippen molar-refractivity contribution in [1.29, 1.82) is 0 Å². The summed E-state index contributed by atoms with van der Waals surface area (Å²) in [5, 5.41) is 6.99. The average molecular weight is 342 g/mol. The van der Waals surface area contributed by atoms with Gasteiger partial charge in [-0.2, -0.15) is 11.3 Å². The van der Waals surface area contributed by atoms with Crippen LogP contribution in [-0.2, 0) is 11.2 Å². The van der Waals surface area contributed by atoms with E-state index in [4.69, 9.17) is 0 Å². The van der Waals surface area contributed by atoms with Crippen LogP contribution in [0.5, 0.6) is 0 Å². The maximum Gasteiger partial charge on any atom is 0.276 e. The summed E-state index contributed by atoms with van der Waals surface area (Å²) < 4.78 is 1.38. The van der Waals surface area contributed by atoms with Gasteiger partial charge in [0.05, 0.1) is 12.5 Å². The number of nitrogens with one attached hydrogen (secondary N) is 1. The van der Waals surface area contributed by atoms with Gasteiger partial charge >= 0.3 is 0 Å². The molecule has 1 atom stereocenters. The molecule has 124 valence electrons. The minimum Gasteiger partial charge on any atom is -0.335 e. The summed E-state index contributed by atoms with van der Waals surface area (Å²) in [6.07, 6.45) is 3.74. The highest BCUT2D eigenvalue weighted by atomic mass is 32.1. The molecule has 0 bridgehead atoms. The van der Waals surface area contributed by atoms with Crippen LogP contribution in [0.2, 0.25) is 0 Å². The maximum absolute atomic E-state index is 12.8. The summed E-state index contributed by atoms with van der Waals surface area (Å²) in [5.74, 6) is -0.00259. The molecule has 4 rings (SSSR count). The SMILES string of the molecule is Cc1nc2cc[nH]n2c(=O)c1CC(=O)N1CCC[C@@H]1c1ccsc1. The van der Waals surface area contributed by atoms with E-state index in [2.05, 4.69) is 21.5 Å². The number of aromatic nitrogens is 3. The molecule has 24 heavy (non-hydrogen) atoms. The Balaban J connectivity index is 1.63. The topological polar surface area (TPSA) is 70.5 Å². The molecule has 7 heteroatoms. The fourth-order valence-electron chi connectivity index (χ4n) is 3.44. The van der Waals surface area contributed by atoms with E-state index >= 15 is 0 Å². The number of nitrogens with zero attached hydrogens (tertiary/aromatic N) is 3. The molecule has 1 amide bonds. The first kappa shape index (κ1) is 15.1. The molecular weight excluding hydrogens is 324 g/mol. The van der Waals surface area contributed by atoms with Crippen molar-refractivity contribution >= 4 is 22.9 Å². The molecule has 1 fully saturated rings. The van der Waals surface area contributed by atoms with Gasteiger partial charge in [0.15, 0.2) is 5.65 Å². The normalized spacial score (nSPS) is 17.7. The van der Waals surface area contributed by atoms with Crippen LogP contribution in [0.4, 0.5) is 0 Å². The lowest BCUT2D eigenvalue weighted by Crippen LogP contribution is -2.34. The van der Waals surface area contributed by atoms with Crippen LogP contribution in [0.3, 0.4) is 0 Å². The molecule has 0 radical (unpaired) electrons. The number of amides is 1. The average Bonchev–Trinajstić information content (AvgIpc) is 3.30. The van der Waals surface area contributed by atoms with Crippen LogP contribution >= 0.6 is 11.3 Å². The minimum absolute atomic E-state index is 0.00259. The third kappa shape index (κ3) is 2.45. The molecule has 0 saturated carbocycles. The number of H-pyrrole nitrogens is 1. The number of aromatic amines is 1. The highest BCUT2D eigenvalue weighted by Crippen LogP contribution is 2.33. The molecule has 1 aliphatic heterocycles. The lowest BCUT2D eigenvalue weighted by Gasteiger charge is -2.24. The molecule has 3 aromatic rings. The Kier molecular flexibility index (Phi) is 3.72. The molecule has 4 heterocycles. The Bertz CT molecular complexity index is 941. The second-order valence-electron chi connectivity index (χ2n) is 6.12. The Labute approximate surface area is 142 Å². The number of rotatable bonds is 3. The lowest BCUT2D eigenvalue weighted by molar-refractivity contribution is -0.131. The third-order valence-electron chi connectivity index (χ3n) is 4.67. The first-order valence-electron chi connectivity index (χ1n) is 8.02. The molecular formula is C17H18N4O2S. The van der Waals surface area contributed by atoms with Gasteiger partial charge in [-0.15, -0.1) is 0 Å². The Morgan fingerprint density at radius 3 is 3.12 bits per heavy atom. The van der Waals surface area contributed by atoms with E-state index in [0.717, 1.165) is 19.4 Å². The van der Waals surface area contributed by atoms with E-state index in [1.807, 2.05) is 10.3 Å². The van der Waals surface area contributed by atoms with Gasteiger partial charge in [0.1, 0.15) is 0 Å². The second-order valence-corrected chi connectivity index (χ2v) is 6.90. The number of aryl methyl sites for hydroxylation is 1. The van der Waals surface area contributed by atoms with Crippen LogP contribution in [0.15, 0.2) is 33.9 Å². The fraction of sp³-hybridized carbons (Fsp3) is 0.353. The van der Waals surface area contributed by atoms with Crippen molar-refractivity contribution in [3.63, 3.8) is 0 Å². The smallest absolute Gasteiger partial charge is 0.276 e. The largest absolute Gasteiger partial charge is 0.335 e. The summed E-state index contributed by atoms with van der Waals surface area (Å²) in [6.45, 7) is 2.54. The first-order chi connectivity index (χ1) is 11.6. The number of carbonyl (C=O) groups is 1. The van der Waals surface area contributed by atoms with E-state index in [1.54, 1.807) is 30.5 Å². The van der Waals surface area contributed by atoms with Gasteiger partial charge in [-0.05, 0) is 42.2 Å². The number of likely N-dealkylation sites (tertiary alicyclic amines) is 1. The number of thiophene rings is 1. The quantitative estimate of drug-likeness (QED) is 0.794. The summed E-state index contributed by atoms with van der Waals surface area (Å²) in [7, 11) is 0. The Morgan fingerprint density at radius 1 is 1.46 bits per heavy atom. The summed E-state index contributed by atoms with van der Waals surface area (Å²) in [5.41, 5.74) is 2.67. The summed E-state index contributed by atoms with van der Waals surface area (Å²) in [6, 6.07) is 3.95. The van der Waals surface area contributed by atoms with Crippen LogP contribution in [0.1, 0.15) is 35.7 Å². The highest BCUT2D eigenvalue weighted by molar-refractivity contribution is 7.07. The molecule has 1 saturated heterocycles. The predicted molar refractivity (Wildman–Crippen MR) is 92.3 cm³/mol. The predicted octanol–water partition coefficient (Wildman–Crippen LogP) is 2.30. The van der Waals surface area contributed by atoms with Gasteiger partial charge < -0.3 is 4.90 Å². The van der Waals surface area contributed by atoms with E-state index < -0.39 is 0 Å². The molecule has 3 aromatic heterocycles. The van der Waals surface area contributed by atoms with Crippen molar-refractivity contribution in [3.8, 4) is 0 Å². The molecule has 1 aliphatic rings. The van der Waals surface area contributed by atoms with Crippen LogP contribution in [0, 0.1) is 6.92 Å². The zero-order chi connectivity index (χ0) is 16.7. The molecule has 1 N–H and O–H groups in total. The number of hydrogen-bond donors (Lipinski definition) is 1. The zero-order valence-corrected chi connectivity index (χ0v) is 14.2. The van der Waals surface area contributed by atoms with Gasteiger partial charge in [-0.25, -0.2) is 9.50 Å². The van der Waals surface area contributed by atoms with Gasteiger partial charge in [0.25, 0.3) is 5.56 Å². The monoisotopic (exact) mass is 342 g/mol. The maximum atomic E-state index is 12.8. The number of carbonyl (C=O) groups excluding carboxylic acids is 1. The van der Waals surface area contributed by atoms with E-state index in [9.17, 15) is 9.59 Å². The second kappa shape index (κ2) is 5.90. The van der Waals surface area contributed by atoms with Gasteiger partial charge in [0.2, 0.25) is 5.91 Å². The molecule has 0 aliphatic carbocycles. The van der Waals surface area contributed by atoms with Crippen molar-refractivity contribution < 1.29 is 4.79 Å². The first-order valence-corrected chi connectivity index (χ1v) is 8.96. The van der Waals surface area contributed by atoms with Crippen molar-refractivity contribution in [2.45, 2.75) is 32.2 Å². The van der Waals surface area contributed by atoms with Crippen molar-refractivity contribution in [2.75, 3.05) is 6.54 Å². The van der Waals surface area contributed by atoms with Crippen LogP contribution < -0.4 is 5.56 Å². The van der Waals surface area contributed by atoms with Crippen molar-refractivity contribution in [3.05, 3.63) is 56.3 Å². The van der Waals surface area contributed by atoms with Gasteiger partial charge in [0, 0.05) is 30.1 Å². The Morgan fingerprint density at radius 2 is 2.33 bits per heavy atom. The highest BCUT2D eigenvalue weighted by Gasteiger charge is 2.30. The van der Waals surface area contributed by atoms with E-state index in [-0.39, 0.29) is 23.9 Å². The minimum atomic E-state index is -0.192. The van der Waals surface area contributed by atoms with Crippen molar-refractivity contribution in [1.82, 2.24) is 19.5 Å². The van der Waals surface area contributed by atoms with Crippen molar-refractivity contribution in [2.24, 2.45) is 0 Å². The standard InChI is InChI=1S/C17H18N4O2S/c1-11-13(17(23)21-15(19-11)4-6-18-21)9-16(22)20-7-2-3-14(20)12-5-8-24-10-12/h4-6,8,10,14,18H,2-3,7,9H2,1H3/t14-/m1/s1. The van der Waals surface area contributed by atoms with Gasteiger partial charge in [-0.1, -0.05) is 0 Å². The van der Waals surface area contributed by atoms with Crippen LogP contribution in [-0.4, -0.2) is 31.9 Å². The third-order valence-corrected chi connectivity index (χ3v) is 5.38. The molecule has 0 unspecified atom stereocenters. The van der Waals surface area contributed by atoms with Gasteiger partial charge in [-0.3, -0.25) is 14.7 Å². The fourth-order valence-corrected chi connectivity index (χ4v) is 4.15. The van der Waals surface area contributed by atoms with E-state index in [1.165, 1.54) is 10.1 Å². The number of fused-ring (bicyclic) bond motifs is 1. The Hall–Kier alpha value is -2.41. The lowest BCUT2D eigenvalue weighted by atomic mass is 10.1. The molecule has 6 nitrogen and oxygen atoms in total. The molecule has 0 aromatic carbocycles. The zero-order valence-electron chi connectivity index (χ0n) is 13.4. The van der Waals surface area contributed by atoms with Crippen LogP contribution in [0.25, 0.3) is 5.65 Å². The molecule has 0 spiro atoms. The van der Waals surface area contributed by atoms with E-state index in [0.29, 0.717) is 16.9 Å². The summed E-state index contributed by atoms with van der Waals surface area (Å²) in [4.78, 5) is 31.8. The summed E-state index contributed by atoms with van der Waals surface area (Å²) >= 11 is 1.65.